The van der Waals surface area contributed by atoms with Crippen molar-refractivity contribution in [3.8, 4) is 22.5 Å². The lowest BCUT2D eigenvalue weighted by molar-refractivity contribution is 0.728. The van der Waals surface area contributed by atoms with Crippen LogP contribution in [0.2, 0.25) is 0 Å². The molecule has 0 saturated heterocycles. The summed E-state index contributed by atoms with van der Waals surface area (Å²) in [5.41, 5.74) is 24.5. The second-order valence-corrected chi connectivity index (χ2v) is 27.1. The Hall–Kier alpha value is -10.7. The van der Waals surface area contributed by atoms with Gasteiger partial charge in [0.05, 0.1) is 39.1 Å². The van der Waals surface area contributed by atoms with Crippen LogP contribution in [0, 0.1) is 19.8 Å². The Balaban J connectivity index is 0.740. The summed E-state index contributed by atoms with van der Waals surface area (Å²) < 4.78 is 8.80. The average Bonchev–Trinajstić information content (AvgIpc) is 1.60. The number of allylic oxidation sites excluding steroid dienone is 5. The number of aryl methyl sites for hydroxylation is 2. The van der Waals surface area contributed by atoms with Gasteiger partial charge in [-0.3, -0.25) is 0 Å². The third-order valence-electron chi connectivity index (χ3n) is 19.6. The first-order chi connectivity index (χ1) is 45.2. The van der Waals surface area contributed by atoms with E-state index in [1.54, 1.807) is 0 Å². The van der Waals surface area contributed by atoms with E-state index in [1.807, 2.05) is 71.2 Å². The van der Waals surface area contributed by atoms with Gasteiger partial charge in [0.25, 0.3) is 0 Å². The molecule has 15 aromatic rings. The summed E-state index contributed by atoms with van der Waals surface area (Å²) in [5.74, 6) is 1.04. The topological polar surface area (TPSA) is 37.8 Å². The molecule has 0 fully saturated rings. The van der Waals surface area contributed by atoms with Gasteiger partial charge < -0.3 is 14.0 Å². The molecule has 2 unspecified atom stereocenters. The number of hydrogen-bond acceptors (Lipinski definition) is 4. The molecule has 92 heavy (non-hydrogen) atoms. The number of fused-ring (bicyclic) bond motifs is 15. The summed E-state index contributed by atoms with van der Waals surface area (Å²) in [5, 5.41) is 9.01. The Morgan fingerprint density at radius 1 is 0.489 bits per heavy atom. The quantitative estimate of drug-likeness (QED) is 0.105. The number of aliphatic imine (C=N–C) groups is 2. The molecule has 18 rings (SSSR count). The summed E-state index contributed by atoms with van der Waals surface area (Å²) in [7, 11) is 0. The normalized spacial score (nSPS) is 15.7. The Bertz CT molecular complexity index is 5650. The lowest BCUT2D eigenvalue weighted by Gasteiger charge is -2.31. The molecule has 0 saturated carbocycles. The molecule has 0 amide bonds. The third kappa shape index (κ3) is 8.78. The van der Waals surface area contributed by atoms with Gasteiger partial charge in [-0.05, 0) is 192 Å². The first kappa shape index (κ1) is 54.3. The largest absolute Gasteiger partial charge is 0.313 e. The van der Waals surface area contributed by atoms with Gasteiger partial charge in [-0.2, -0.15) is 0 Å². The fraction of sp³-hybridized carbons (Fsp3) is 0.0824. The van der Waals surface area contributed by atoms with E-state index in [0.717, 1.165) is 35.2 Å². The molecule has 0 bridgehead atoms. The van der Waals surface area contributed by atoms with Crippen LogP contribution >= 0.6 is 22.7 Å². The Labute approximate surface area is 542 Å². The van der Waals surface area contributed by atoms with Gasteiger partial charge in [-0.25, -0.2) is 9.98 Å². The molecule has 2 aliphatic carbocycles. The maximum absolute atomic E-state index is 5.32. The third-order valence-corrected chi connectivity index (χ3v) is 21.9. The molecule has 1 aliphatic heterocycles. The predicted octanol–water partition coefficient (Wildman–Crippen LogP) is 23.0. The predicted molar refractivity (Wildman–Crippen MR) is 394 cm³/mol. The molecule has 0 radical (unpaired) electrons. The Kier molecular flexibility index (Phi) is 12.7. The smallest absolute Gasteiger partial charge is 0.160 e. The van der Waals surface area contributed by atoms with Crippen LogP contribution in [0.4, 0.5) is 11.4 Å². The number of rotatable bonds is 9. The number of benzene rings is 11. The summed E-state index contributed by atoms with van der Waals surface area (Å²) in [6, 6.07) is 88.8. The zero-order chi connectivity index (χ0) is 61.3. The lowest BCUT2D eigenvalue weighted by Crippen LogP contribution is -2.20. The van der Waals surface area contributed by atoms with Crippen molar-refractivity contribution in [1.29, 1.82) is 0 Å². The minimum Gasteiger partial charge on any atom is -0.313 e. The van der Waals surface area contributed by atoms with E-state index in [2.05, 4.69) is 260 Å². The SMILES string of the molecule is C=C(N=C(N=C(C)c1cc(C)c(N2C3=CC(C4C=Cc5sc6ccc(-n7c8ccccc8c8ccccc87)cc6c5C4)=CCC3c3ccc(-c4ccc5sc6ccc(-n7c8ccccc8c8ccccc87)cc6c5c4)cc32)c(C)c1)c1ccccc1)c1ccccc1. The number of amidine groups is 1. The van der Waals surface area contributed by atoms with E-state index in [4.69, 9.17) is 9.98 Å². The molecule has 2 atom stereocenters. The molecule has 0 N–H and O–H groups in total. The molecule has 7 heteroatoms. The van der Waals surface area contributed by atoms with Gasteiger partial charge in [-0.15, -0.1) is 22.7 Å². The molecular formula is C85H61N5S2. The Morgan fingerprint density at radius 3 is 1.63 bits per heavy atom. The van der Waals surface area contributed by atoms with Gasteiger partial charge in [-0.1, -0.05) is 170 Å². The highest BCUT2D eigenvalue weighted by atomic mass is 32.1. The monoisotopic (exact) mass is 1220 g/mol. The van der Waals surface area contributed by atoms with E-state index in [9.17, 15) is 0 Å². The minimum absolute atomic E-state index is 0.188. The number of thiophene rings is 2. The first-order valence-corrected chi connectivity index (χ1v) is 33.5. The summed E-state index contributed by atoms with van der Waals surface area (Å²) in [6.45, 7) is 11.1. The van der Waals surface area contributed by atoms with E-state index in [0.29, 0.717) is 11.5 Å². The minimum atomic E-state index is 0.188. The maximum Gasteiger partial charge on any atom is 0.160 e. The van der Waals surface area contributed by atoms with Crippen LogP contribution in [0.25, 0.3) is 108 Å². The van der Waals surface area contributed by atoms with E-state index < -0.39 is 0 Å². The Morgan fingerprint density at radius 2 is 1.01 bits per heavy atom. The van der Waals surface area contributed by atoms with Crippen LogP contribution < -0.4 is 4.90 Å². The van der Waals surface area contributed by atoms with Crippen LogP contribution in [-0.2, 0) is 6.42 Å². The highest BCUT2D eigenvalue weighted by Crippen LogP contribution is 2.55. The number of anilines is 2. The van der Waals surface area contributed by atoms with E-state index in [1.165, 1.54) is 146 Å². The van der Waals surface area contributed by atoms with Crippen LogP contribution in [0.15, 0.2) is 289 Å². The number of hydrogen-bond donors (Lipinski definition) is 0. The van der Waals surface area contributed by atoms with Crippen molar-refractivity contribution in [2.75, 3.05) is 4.90 Å². The van der Waals surface area contributed by atoms with Gasteiger partial charge in [0.2, 0.25) is 0 Å². The highest BCUT2D eigenvalue weighted by molar-refractivity contribution is 7.25. The zero-order valence-electron chi connectivity index (χ0n) is 51.2. The molecule has 5 heterocycles. The average molecular weight is 1220 g/mol. The standard InChI is InChI=1S/C85H61N5S2/c1-51-43-61(54(4)87-85(56-21-9-6-10-22-56)86-53(3)55-19-7-5-8-20-55)44-52(2)84(51)90-78-47-59(57-33-39-80-70(45-57)72-49-62(35-41-82(72)91-80)88-74-27-15-11-23-64(74)65-24-12-16-28-75(65)88)31-37-68(78)69-38-32-60(48-79(69)90)58-34-40-81-71(46-58)73-50-63(36-42-83(73)92-81)89-76-29-17-13-25-66(76)67-26-14-18-30-77(67)89/h5-37,39-45,47-50,58,69H,3,38,46H2,1-2,4H3. The van der Waals surface area contributed by atoms with Crippen molar-refractivity contribution in [2.24, 2.45) is 15.9 Å². The van der Waals surface area contributed by atoms with Crippen molar-refractivity contribution < 1.29 is 0 Å². The molecule has 438 valence electrons. The molecular weight excluding hydrogens is 1160 g/mol. The van der Waals surface area contributed by atoms with Gasteiger partial charge >= 0.3 is 0 Å². The van der Waals surface area contributed by atoms with Crippen LogP contribution in [-0.4, -0.2) is 20.7 Å². The number of para-hydroxylation sites is 4. The van der Waals surface area contributed by atoms with Crippen LogP contribution in [0.5, 0.6) is 0 Å². The van der Waals surface area contributed by atoms with Gasteiger partial charge in [0, 0.05) is 91.5 Å². The second-order valence-electron chi connectivity index (χ2n) is 25.0. The highest BCUT2D eigenvalue weighted by Gasteiger charge is 2.39. The fourth-order valence-corrected chi connectivity index (χ4v) is 17.4. The lowest BCUT2D eigenvalue weighted by atomic mass is 9.81. The molecule has 5 nitrogen and oxygen atoms in total. The van der Waals surface area contributed by atoms with Crippen LogP contribution in [0.3, 0.4) is 0 Å². The maximum atomic E-state index is 5.32. The van der Waals surface area contributed by atoms with E-state index in [-0.39, 0.29) is 11.8 Å². The number of nitrogens with zero attached hydrogens (tertiary/aromatic N) is 5. The van der Waals surface area contributed by atoms with Crippen molar-refractivity contribution in [3.63, 3.8) is 0 Å². The second kappa shape index (κ2) is 21.5. The van der Waals surface area contributed by atoms with Crippen LogP contribution in [0.1, 0.15) is 63.1 Å². The summed E-state index contributed by atoms with van der Waals surface area (Å²) >= 11 is 3.79. The summed E-state index contributed by atoms with van der Waals surface area (Å²) in [6.07, 6.45) is 11.9. The zero-order valence-corrected chi connectivity index (χ0v) is 52.9. The van der Waals surface area contributed by atoms with Gasteiger partial charge in [0.15, 0.2) is 5.84 Å². The van der Waals surface area contributed by atoms with Gasteiger partial charge in [0.1, 0.15) is 0 Å². The van der Waals surface area contributed by atoms with Crippen molar-refractivity contribution in [1.82, 2.24) is 9.13 Å². The molecule has 0 spiro atoms. The van der Waals surface area contributed by atoms with Crippen molar-refractivity contribution in [3.05, 3.63) is 323 Å². The van der Waals surface area contributed by atoms with Crippen molar-refractivity contribution in [2.45, 2.75) is 39.5 Å². The first-order valence-electron chi connectivity index (χ1n) is 31.8. The van der Waals surface area contributed by atoms with E-state index >= 15 is 0 Å². The summed E-state index contributed by atoms with van der Waals surface area (Å²) in [4.78, 5) is 14.4. The molecule has 11 aromatic carbocycles. The van der Waals surface area contributed by atoms with Crippen molar-refractivity contribution >= 4 is 131 Å². The molecule has 4 aromatic heterocycles. The molecule has 3 aliphatic rings. The number of aromatic nitrogens is 2. The fourth-order valence-electron chi connectivity index (χ4n) is 15.2.